The molecule has 0 amide bonds. The van der Waals surface area contributed by atoms with Gasteiger partial charge in [0.1, 0.15) is 5.75 Å². The fraction of sp³-hybridized carbons (Fsp3) is 0.450. The van der Waals surface area contributed by atoms with E-state index in [1.807, 2.05) is 12.1 Å². The molecular weight excluding hydrogens is 398 g/mol. The van der Waals surface area contributed by atoms with Gasteiger partial charge in [0, 0.05) is 15.5 Å². The minimum atomic E-state index is -0.382. The van der Waals surface area contributed by atoms with Gasteiger partial charge in [-0.15, -0.1) is 11.8 Å². The fourth-order valence-corrected chi connectivity index (χ4v) is 9.23. The molecule has 0 unspecified atom stereocenters. The second kappa shape index (κ2) is 5.30. The smallest absolute Gasteiger partial charge is 0.317 e. The van der Waals surface area contributed by atoms with Gasteiger partial charge in [0.15, 0.2) is 0 Å². The predicted molar refractivity (Wildman–Crippen MR) is 102 cm³/mol. The number of carbonyl (C=O) groups excluding carboxylic acids is 2. The zero-order valence-electron chi connectivity index (χ0n) is 14.9. The molecule has 1 aromatic heterocycles. The number of phenolic OH excluding ortho intramolecular Hbond substituents is 1. The van der Waals surface area contributed by atoms with Gasteiger partial charge < -0.3 is 14.8 Å². The molecule has 2 aliphatic heterocycles. The van der Waals surface area contributed by atoms with Crippen molar-refractivity contribution in [2.45, 2.75) is 29.0 Å². The number of thiazole rings is 1. The molecule has 2 saturated carbocycles. The molecule has 3 heterocycles. The van der Waals surface area contributed by atoms with Crippen LogP contribution in [0, 0.1) is 29.6 Å². The highest BCUT2D eigenvalue weighted by atomic mass is 32.2. The van der Waals surface area contributed by atoms with Crippen LogP contribution in [0.5, 0.6) is 5.75 Å². The van der Waals surface area contributed by atoms with Crippen LogP contribution < -0.4 is 4.87 Å². The number of nitrogens with one attached hydrogen (secondary N) is 1. The predicted octanol–water partition coefficient (Wildman–Crippen LogP) is 2.72. The van der Waals surface area contributed by atoms with Crippen molar-refractivity contribution < 1.29 is 19.4 Å². The normalized spacial score (nSPS) is 40.2. The van der Waals surface area contributed by atoms with Crippen LogP contribution in [0.25, 0.3) is 0 Å². The molecule has 2 aromatic rings. The molecule has 2 bridgehead atoms. The van der Waals surface area contributed by atoms with Gasteiger partial charge in [-0.05, 0) is 48.8 Å². The quantitative estimate of drug-likeness (QED) is 0.549. The van der Waals surface area contributed by atoms with Crippen molar-refractivity contribution in [1.29, 1.82) is 0 Å². The summed E-state index contributed by atoms with van der Waals surface area (Å²) in [4.78, 5) is 40.9. The number of carbonyl (C=O) groups is 2. The molecule has 1 aromatic carbocycles. The number of thioether (sulfide) groups is 1. The number of esters is 2. The Kier molecular flexibility index (Phi) is 3.19. The first-order valence-electron chi connectivity index (χ1n) is 9.35. The van der Waals surface area contributed by atoms with Crippen molar-refractivity contribution in [3.63, 3.8) is 0 Å². The summed E-state index contributed by atoms with van der Waals surface area (Å²) in [7, 11) is 0. The Morgan fingerprint density at radius 1 is 1.14 bits per heavy atom. The first-order chi connectivity index (χ1) is 13.4. The SMILES string of the molecule is C[C@]12Sc3[nH]c(=O)sc3[C@@H](c3ccc(O)cc3)[C@H]1[C@@H]1C[C@@H]2[C@H]2C(=O)OC(=O)[C@H]12. The summed E-state index contributed by atoms with van der Waals surface area (Å²) in [5, 5.41) is 10.6. The summed E-state index contributed by atoms with van der Waals surface area (Å²) in [6.07, 6.45) is 0.831. The van der Waals surface area contributed by atoms with Crippen molar-refractivity contribution in [3.05, 3.63) is 44.4 Å². The zero-order chi connectivity index (χ0) is 19.4. The molecule has 1 saturated heterocycles. The van der Waals surface area contributed by atoms with Gasteiger partial charge in [-0.3, -0.25) is 14.4 Å². The third-order valence-electron chi connectivity index (χ3n) is 7.27. The number of aromatic amines is 1. The lowest BCUT2D eigenvalue weighted by atomic mass is 9.63. The van der Waals surface area contributed by atoms with Crippen molar-refractivity contribution in [3.8, 4) is 5.75 Å². The highest BCUT2D eigenvalue weighted by molar-refractivity contribution is 8.00. The Labute approximate surface area is 168 Å². The first kappa shape index (κ1) is 16.9. The van der Waals surface area contributed by atoms with E-state index < -0.39 is 0 Å². The highest BCUT2D eigenvalue weighted by Gasteiger charge is 2.73. The van der Waals surface area contributed by atoms with Gasteiger partial charge in [0.05, 0.1) is 16.9 Å². The highest BCUT2D eigenvalue weighted by Crippen LogP contribution is 2.73. The molecule has 144 valence electrons. The van der Waals surface area contributed by atoms with E-state index in [-0.39, 0.29) is 62.8 Å². The van der Waals surface area contributed by atoms with E-state index in [9.17, 15) is 19.5 Å². The van der Waals surface area contributed by atoms with Crippen molar-refractivity contribution in [2.75, 3.05) is 0 Å². The fourth-order valence-electron chi connectivity index (χ4n) is 6.36. The van der Waals surface area contributed by atoms with Crippen LogP contribution in [-0.4, -0.2) is 26.8 Å². The lowest BCUT2D eigenvalue weighted by Crippen LogP contribution is -2.50. The average Bonchev–Trinajstić information content (AvgIpc) is 3.34. The largest absolute Gasteiger partial charge is 0.508 e. The summed E-state index contributed by atoms with van der Waals surface area (Å²) in [6, 6.07) is 7.11. The topological polar surface area (TPSA) is 96.5 Å². The second-order valence-corrected chi connectivity index (χ2v) is 10.9. The molecular formula is C20H17NO5S2. The van der Waals surface area contributed by atoms with Gasteiger partial charge in [-0.25, -0.2) is 0 Å². The summed E-state index contributed by atoms with van der Waals surface area (Å²) >= 11 is 2.88. The molecule has 4 aliphatic rings. The monoisotopic (exact) mass is 415 g/mol. The third-order valence-corrected chi connectivity index (χ3v) is 9.91. The lowest BCUT2D eigenvalue weighted by Gasteiger charge is -2.49. The summed E-state index contributed by atoms with van der Waals surface area (Å²) < 4.78 is 4.75. The summed E-state index contributed by atoms with van der Waals surface area (Å²) in [5.41, 5.74) is 1.02. The third kappa shape index (κ3) is 1.92. The van der Waals surface area contributed by atoms with Crippen LogP contribution in [0.4, 0.5) is 0 Å². The maximum Gasteiger partial charge on any atom is 0.317 e. The number of rotatable bonds is 1. The van der Waals surface area contributed by atoms with Gasteiger partial charge in [0.2, 0.25) is 0 Å². The van der Waals surface area contributed by atoms with Crippen LogP contribution in [0.15, 0.2) is 34.1 Å². The molecule has 2 N–H and O–H groups in total. The number of fused-ring (bicyclic) bond motifs is 9. The number of H-pyrrole nitrogens is 1. The number of hydrogen-bond donors (Lipinski definition) is 2. The molecule has 6 rings (SSSR count). The number of cyclic esters (lactones) is 2. The zero-order valence-corrected chi connectivity index (χ0v) is 16.5. The van der Waals surface area contributed by atoms with Crippen LogP contribution in [0.3, 0.4) is 0 Å². The van der Waals surface area contributed by atoms with Crippen molar-refractivity contribution in [2.24, 2.45) is 29.6 Å². The van der Waals surface area contributed by atoms with Crippen LogP contribution in [-0.2, 0) is 14.3 Å². The number of hydrogen-bond acceptors (Lipinski definition) is 7. The maximum atomic E-state index is 12.4. The molecule has 8 heteroatoms. The Balaban J connectivity index is 1.56. The minimum absolute atomic E-state index is 0.0487. The lowest BCUT2D eigenvalue weighted by molar-refractivity contribution is -0.154. The number of benzene rings is 1. The van der Waals surface area contributed by atoms with E-state index in [2.05, 4.69) is 11.9 Å². The molecule has 3 fully saturated rings. The molecule has 6 nitrogen and oxygen atoms in total. The van der Waals surface area contributed by atoms with E-state index in [0.717, 1.165) is 21.9 Å². The average molecular weight is 415 g/mol. The van der Waals surface area contributed by atoms with Gasteiger partial charge in [-0.2, -0.15) is 0 Å². The van der Waals surface area contributed by atoms with Crippen molar-refractivity contribution in [1.82, 2.24) is 4.98 Å². The Bertz CT molecular complexity index is 1090. The van der Waals surface area contributed by atoms with Gasteiger partial charge in [-0.1, -0.05) is 23.5 Å². The molecule has 0 radical (unpaired) electrons. The minimum Gasteiger partial charge on any atom is -0.508 e. The summed E-state index contributed by atoms with van der Waals surface area (Å²) in [6.45, 7) is 2.17. The first-order valence-corrected chi connectivity index (χ1v) is 11.0. The van der Waals surface area contributed by atoms with Crippen molar-refractivity contribution >= 4 is 35.0 Å². The van der Waals surface area contributed by atoms with E-state index in [0.29, 0.717) is 0 Å². The second-order valence-electron chi connectivity index (χ2n) is 8.39. The Morgan fingerprint density at radius 3 is 2.61 bits per heavy atom. The molecule has 28 heavy (non-hydrogen) atoms. The molecule has 7 atom stereocenters. The number of aromatic hydroxyl groups is 1. The Hall–Kier alpha value is -2.06. The maximum absolute atomic E-state index is 12.4. The summed E-state index contributed by atoms with van der Waals surface area (Å²) in [5.74, 6) is -1.14. The molecule has 2 aliphatic carbocycles. The standard InChI is InChI=1S/C20H17NO5S2/c1-20-10-6-9(12-13(10)18(24)26-17(12)23)14(20)11(7-2-4-8(22)5-3-7)15-16(28-20)21-19(25)27-15/h2-5,9-14,22H,6H2,1H3,(H,21,25)/t9-,10-,11+,12-,13-,14-,20-/m1/s1. The van der Waals surface area contributed by atoms with E-state index in [1.54, 1.807) is 23.9 Å². The van der Waals surface area contributed by atoms with Gasteiger partial charge >= 0.3 is 16.8 Å². The van der Waals surface area contributed by atoms with E-state index >= 15 is 0 Å². The van der Waals surface area contributed by atoms with Crippen LogP contribution >= 0.6 is 23.1 Å². The molecule has 0 spiro atoms. The Morgan fingerprint density at radius 2 is 1.86 bits per heavy atom. The van der Waals surface area contributed by atoms with E-state index in [1.165, 1.54) is 11.3 Å². The van der Waals surface area contributed by atoms with Crippen LogP contribution in [0.2, 0.25) is 0 Å². The van der Waals surface area contributed by atoms with Crippen LogP contribution in [0.1, 0.15) is 29.7 Å². The number of aromatic nitrogens is 1. The number of phenols is 1. The number of ether oxygens (including phenoxy) is 1. The van der Waals surface area contributed by atoms with E-state index in [4.69, 9.17) is 4.74 Å². The van der Waals surface area contributed by atoms with Gasteiger partial charge in [0.25, 0.3) is 0 Å².